The minimum atomic E-state index is 0.477. The van der Waals surface area contributed by atoms with Crippen molar-refractivity contribution in [3.8, 4) is 0 Å². The SMILES string of the molecule is Cc1ccccc1CC(CNC1CC1)c1cccc(Cl)c1. The summed E-state index contributed by atoms with van der Waals surface area (Å²) in [6.07, 6.45) is 3.71. The highest BCUT2D eigenvalue weighted by molar-refractivity contribution is 6.30. The summed E-state index contributed by atoms with van der Waals surface area (Å²) in [6, 6.07) is 17.7. The first-order chi connectivity index (χ1) is 10.2. The first kappa shape index (κ1) is 14.6. The van der Waals surface area contributed by atoms with Gasteiger partial charge in [-0.15, -0.1) is 0 Å². The highest BCUT2D eigenvalue weighted by Crippen LogP contribution is 2.26. The molecule has 1 aliphatic carbocycles. The maximum atomic E-state index is 6.18. The van der Waals surface area contributed by atoms with Gasteiger partial charge in [-0.2, -0.15) is 0 Å². The fraction of sp³-hybridized carbons (Fsp3) is 0.368. The Balaban J connectivity index is 1.79. The number of hydrogen-bond acceptors (Lipinski definition) is 1. The van der Waals surface area contributed by atoms with Crippen molar-refractivity contribution >= 4 is 11.6 Å². The molecule has 0 aliphatic heterocycles. The lowest BCUT2D eigenvalue weighted by atomic mass is 9.90. The second kappa shape index (κ2) is 6.64. The van der Waals surface area contributed by atoms with Crippen LogP contribution in [0.5, 0.6) is 0 Å². The van der Waals surface area contributed by atoms with Crippen molar-refractivity contribution in [2.45, 2.75) is 38.1 Å². The summed E-state index contributed by atoms with van der Waals surface area (Å²) in [5.74, 6) is 0.477. The van der Waals surface area contributed by atoms with Crippen LogP contribution in [0.25, 0.3) is 0 Å². The topological polar surface area (TPSA) is 12.0 Å². The van der Waals surface area contributed by atoms with Crippen molar-refractivity contribution in [1.29, 1.82) is 0 Å². The normalized spacial score (nSPS) is 15.9. The van der Waals surface area contributed by atoms with E-state index in [1.807, 2.05) is 6.07 Å². The van der Waals surface area contributed by atoms with E-state index in [2.05, 4.69) is 54.7 Å². The molecule has 0 saturated heterocycles. The molecule has 2 heteroatoms. The third kappa shape index (κ3) is 4.09. The first-order valence-electron chi connectivity index (χ1n) is 7.76. The lowest BCUT2D eigenvalue weighted by Gasteiger charge is -2.20. The van der Waals surface area contributed by atoms with E-state index in [9.17, 15) is 0 Å². The molecule has 21 heavy (non-hydrogen) atoms. The van der Waals surface area contributed by atoms with Crippen molar-refractivity contribution in [1.82, 2.24) is 5.32 Å². The van der Waals surface area contributed by atoms with Crippen LogP contribution in [-0.2, 0) is 6.42 Å². The molecule has 0 spiro atoms. The number of nitrogens with one attached hydrogen (secondary N) is 1. The van der Waals surface area contributed by atoms with Gasteiger partial charge in [0.15, 0.2) is 0 Å². The molecular formula is C19H22ClN. The van der Waals surface area contributed by atoms with Crippen LogP contribution in [0, 0.1) is 6.92 Å². The second-order valence-corrected chi connectivity index (χ2v) is 6.50. The highest BCUT2D eigenvalue weighted by Gasteiger charge is 2.23. The number of halogens is 1. The molecule has 1 unspecified atom stereocenters. The van der Waals surface area contributed by atoms with Crippen LogP contribution in [-0.4, -0.2) is 12.6 Å². The second-order valence-electron chi connectivity index (χ2n) is 6.07. The monoisotopic (exact) mass is 299 g/mol. The Labute approximate surface area is 132 Å². The quantitative estimate of drug-likeness (QED) is 0.813. The van der Waals surface area contributed by atoms with E-state index in [-0.39, 0.29) is 0 Å². The molecule has 1 nitrogen and oxygen atoms in total. The highest BCUT2D eigenvalue weighted by atomic mass is 35.5. The molecular weight excluding hydrogens is 278 g/mol. The molecule has 0 heterocycles. The van der Waals surface area contributed by atoms with Gasteiger partial charge >= 0.3 is 0 Å². The molecule has 0 bridgehead atoms. The molecule has 0 amide bonds. The standard InChI is InChI=1S/C19H22ClN/c1-14-5-2-3-6-15(14)11-17(13-21-19-9-10-19)16-7-4-8-18(20)12-16/h2-8,12,17,19,21H,9-11,13H2,1H3. The fourth-order valence-electron chi connectivity index (χ4n) is 2.77. The van der Waals surface area contributed by atoms with Crippen molar-refractivity contribution < 1.29 is 0 Å². The van der Waals surface area contributed by atoms with Gasteiger partial charge in [0.05, 0.1) is 0 Å². The third-order valence-corrected chi connectivity index (χ3v) is 4.51. The first-order valence-corrected chi connectivity index (χ1v) is 8.13. The van der Waals surface area contributed by atoms with Crippen molar-refractivity contribution in [2.75, 3.05) is 6.54 Å². The Morgan fingerprint density at radius 1 is 1.14 bits per heavy atom. The van der Waals surface area contributed by atoms with Gasteiger partial charge < -0.3 is 5.32 Å². The van der Waals surface area contributed by atoms with Crippen LogP contribution >= 0.6 is 11.6 Å². The van der Waals surface area contributed by atoms with Gasteiger partial charge in [0, 0.05) is 23.5 Å². The number of aryl methyl sites for hydroxylation is 1. The number of hydrogen-bond donors (Lipinski definition) is 1. The molecule has 110 valence electrons. The number of rotatable bonds is 6. The van der Waals surface area contributed by atoms with Crippen LogP contribution in [0.4, 0.5) is 0 Å². The van der Waals surface area contributed by atoms with E-state index in [4.69, 9.17) is 11.6 Å². The van der Waals surface area contributed by atoms with E-state index in [0.29, 0.717) is 5.92 Å². The lowest BCUT2D eigenvalue weighted by molar-refractivity contribution is 0.576. The van der Waals surface area contributed by atoms with Crippen LogP contribution in [0.15, 0.2) is 48.5 Å². The Morgan fingerprint density at radius 3 is 2.67 bits per heavy atom. The smallest absolute Gasteiger partial charge is 0.0408 e. The average molecular weight is 300 g/mol. The third-order valence-electron chi connectivity index (χ3n) is 4.28. The molecule has 1 saturated carbocycles. The minimum Gasteiger partial charge on any atom is -0.313 e. The zero-order valence-corrected chi connectivity index (χ0v) is 13.2. The van der Waals surface area contributed by atoms with Gasteiger partial charge in [0.2, 0.25) is 0 Å². The summed E-state index contributed by atoms with van der Waals surface area (Å²) in [5.41, 5.74) is 4.13. The van der Waals surface area contributed by atoms with E-state index >= 15 is 0 Å². The van der Waals surface area contributed by atoms with Gasteiger partial charge in [-0.05, 0) is 55.0 Å². The largest absolute Gasteiger partial charge is 0.313 e. The molecule has 1 fully saturated rings. The van der Waals surface area contributed by atoms with Crippen molar-refractivity contribution in [3.05, 3.63) is 70.2 Å². The summed E-state index contributed by atoms with van der Waals surface area (Å²) in [6.45, 7) is 3.22. The maximum Gasteiger partial charge on any atom is 0.0408 e. The van der Waals surface area contributed by atoms with E-state index < -0.39 is 0 Å². The van der Waals surface area contributed by atoms with Crippen LogP contribution in [0.3, 0.4) is 0 Å². The van der Waals surface area contributed by atoms with Crippen LogP contribution in [0.2, 0.25) is 5.02 Å². The molecule has 0 radical (unpaired) electrons. The Morgan fingerprint density at radius 2 is 1.95 bits per heavy atom. The molecule has 0 aromatic heterocycles. The van der Waals surface area contributed by atoms with Crippen molar-refractivity contribution in [3.63, 3.8) is 0 Å². The molecule has 2 aromatic carbocycles. The molecule has 2 aromatic rings. The average Bonchev–Trinajstić information content (AvgIpc) is 3.29. The summed E-state index contributed by atoms with van der Waals surface area (Å²) in [4.78, 5) is 0. The van der Waals surface area contributed by atoms with E-state index in [1.165, 1.54) is 29.5 Å². The van der Waals surface area contributed by atoms with Gasteiger partial charge in [-0.25, -0.2) is 0 Å². The number of benzene rings is 2. The molecule has 3 rings (SSSR count). The molecule has 1 N–H and O–H groups in total. The summed E-state index contributed by atoms with van der Waals surface area (Å²) >= 11 is 6.18. The van der Waals surface area contributed by atoms with Crippen LogP contribution < -0.4 is 5.32 Å². The summed E-state index contributed by atoms with van der Waals surface area (Å²) < 4.78 is 0. The van der Waals surface area contributed by atoms with Crippen LogP contribution in [0.1, 0.15) is 35.4 Å². The van der Waals surface area contributed by atoms with E-state index in [1.54, 1.807) is 0 Å². The Bertz CT molecular complexity index is 604. The van der Waals surface area contributed by atoms with Gasteiger partial charge in [-0.3, -0.25) is 0 Å². The van der Waals surface area contributed by atoms with Gasteiger partial charge in [0.1, 0.15) is 0 Å². The fourth-order valence-corrected chi connectivity index (χ4v) is 2.97. The summed E-state index contributed by atoms with van der Waals surface area (Å²) in [5, 5.41) is 4.50. The Hall–Kier alpha value is -1.31. The van der Waals surface area contributed by atoms with Crippen molar-refractivity contribution in [2.24, 2.45) is 0 Å². The minimum absolute atomic E-state index is 0.477. The lowest BCUT2D eigenvalue weighted by Crippen LogP contribution is -2.25. The summed E-state index contributed by atoms with van der Waals surface area (Å²) in [7, 11) is 0. The van der Waals surface area contributed by atoms with Gasteiger partial charge in [0.25, 0.3) is 0 Å². The van der Waals surface area contributed by atoms with Gasteiger partial charge in [-0.1, -0.05) is 48.0 Å². The van der Waals surface area contributed by atoms with E-state index in [0.717, 1.165) is 24.0 Å². The maximum absolute atomic E-state index is 6.18. The predicted molar refractivity (Wildman–Crippen MR) is 90.1 cm³/mol. The Kier molecular flexibility index (Phi) is 4.62. The predicted octanol–water partition coefficient (Wildman–Crippen LogP) is 4.73. The molecule has 1 atom stereocenters. The zero-order valence-electron chi connectivity index (χ0n) is 12.5. The molecule has 1 aliphatic rings. The zero-order chi connectivity index (χ0) is 14.7.